The van der Waals surface area contributed by atoms with Gasteiger partial charge in [-0.3, -0.25) is 4.79 Å². The van der Waals surface area contributed by atoms with Crippen LogP contribution in [0.15, 0.2) is 18.2 Å². The lowest BCUT2D eigenvalue weighted by atomic mass is 10.0. The predicted molar refractivity (Wildman–Crippen MR) is 85.2 cm³/mol. The minimum atomic E-state index is -0.376. The van der Waals surface area contributed by atoms with Gasteiger partial charge >= 0.3 is 0 Å². The average molecular weight is 323 g/mol. The quantitative estimate of drug-likeness (QED) is 0.538. The van der Waals surface area contributed by atoms with Gasteiger partial charge in [-0.15, -0.1) is 11.3 Å². The van der Waals surface area contributed by atoms with Crippen molar-refractivity contribution in [2.75, 3.05) is 0 Å². The summed E-state index contributed by atoms with van der Waals surface area (Å²) in [6, 6.07) is 4.77. The number of carbonyl (C=O) groups excluding carboxylic acids is 1. The summed E-state index contributed by atoms with van der Waals surface area (Å²) in [4.78, 5) is 14.7. The van der Waals surface area contributed by atoms with E-state index >= 15 is 0 Å². The number of benzene rings is 1. The van der Waals surface area contributed by atoms with E-state index in [0.29, 0.717) is 11.1 Å². The normalized spacial score (nSPS) is 14.6. The van der Waals surface area contributed by atoms with E-state index in [-0.39, 0.29) is 16.6 Å². The number of fused-ring (bicyclic) bond motifs is 1. The third-order valence-corrected chi connectivity index (χ3v) is 5.51. The zero-order chi connectivity index (χ0) is 15.0. The van der Waals surface area contributed by atoms with E-state index in [2.05, 4.69) is 0 Å². The minimum absolute atomic E-state index is 0.0961. The van der Waals surface area contributed by atoms with Crippen LogP contribution in [0.3, 0.4) is 0 Å². The van der Waals surface area contributed by atoms with Gasteiger partial charge in [-0.25, -0.2) is 4.39 Å². The van der Waals surface area contributed by atoms with E-state index in [1.807, 2.05) is 6.07 Å². The van der Waals surface area contributed by atoms with Gasteiger partial charge in [-0.05, 0) is 61.9 Å². The number of rotatable bonds is 2. The molecule has 0 N–H and O–H groups in total. The van der Waals surface area contributed by atoms with Crippen LogP contribution >= 0.6 is 22.9 Å². The molecule has 0 unspecified atom stereocenters. The summed E-state index contributed by atoms with van der Waals surface area (Å²) < 4.78 is 13.5. The van der Waals surface area contributed by atoms with E-state index in [4.69, 9.17) is 11.6 Å². The summed E-state index contributed by atoms with van der Waals surface area (Å²) in [5.74, 6) is -0.473. The Kier molecular flexibility index (Phi) is 4.14. The molecule has 110 valence electrons. The van der Waals surface area contributed by atoms with Gasteiger partial charge in [-0.2, -0.15) is 0 Å². The fourth-order valence-electron chi connectivity index (χ4n) is 2.74. The Morgan fingerprint density at radius 1 is 1.19 bits per heavy atom. The summed E-state index contributed by atoms with van der Waals surface area (Å²) in [5, 5.41) is 0.187. The molecule has 1 aliphatic carbocycles. The lowest BCUT2D eigenvalue weighted by molar-refractivity contribution is 0.104. The first-order valence-electron chi connectivity index (χ1n) is 7.18. The summed E-state index contributed by atoms with van der Waals surface area (Å²) in [6.07, 6.45) is 5.75. The molecular weight excluding hydrogens is 307 g/mol. The molecule has 1 aromatic carbocycles. The number of carbonyl (C=O) groups is 1. The fourth-order valence-corrected chi connectivity index (χ4v) is 4.19. The highest BCUT2D eigenvalue weighted by Crippen LogP contribution is 2.32. The molecule has 4 heteroatoms. The van der Waals surface area contributed by atoms with Crippen molar-refractivity contribution in [3.05, 3.63) is 55.5 Å². The molecule has 1 aliphatic rings. The molecule has 1 nitrogen and oxygen atoms in total. The Morgan fingerprint density at radius 2 is 1.95 bits per heavy atom. The number of halogens is 2. The molecule has 1 heterocycles. The van der Waals surface area contributed by atoms with Crippen molar-refractivity contribution in [2.45, 2.75) is 39.0 Å². The van der Waals surface area contributed by atoms with Crippen LogP contribution in [-0.4, -0.2) is 5.78 Å². The van der Waals surface area contributed by atoms with Crippen LogP contribution in [0.1, 0.15) is 50.5 Å². The van der Waals surface area contributed by atoms with Crippen LogP contribution in [0, 0.1) is 12.7 Å². The van der Waals surface area contributed by atoms with Crippen molar-refractivity contribution in [3.63, 3.8) is 0 Å². The van der Waals surface area contributed by atoms with Gasteiger partial charge in [0.2, 0.25) is 5.78 Å². The first-order valence-corrected chi connectivity index (χ1v) is 8.37. The first kappa shape index (κ1) is 14.7. The Labute approximate surface area is 132 Å². The second-order valence-corrected chi connectivity index (χ2v) is 7.07. The van der Waals surface area contributed by atoms with Crippen molar-refractivity contribution in [2.24, 2.45) is 0 Å². The molecule has 0 aliphatic heterocycles. The van der Waals surface area contributed by atoms with Gasteiger partial charge < -0.3 is 0 Å². The molecule has 21 heavy (non-hydrogen) atoms. The maximum Gasteiger partial charge on any atom is 0.204 e. The predicted octanol–water partition coefficient (Wildman–Crippen LogP) is 5.35. The second-order valence-electron chi connectivity index (χ2n) is 5.53. The molecule has 0 saturated carbocycles. The van der Waals surface area contributed by atoms with Crippen molar-refractivity contribution >= 4 is 28.7 Å². The van der Waals surface area contributed by atoms with Crippen LogP contribution in [0.2, 0.25) is 5.02 Å². The van der Waals surface area contributed by atoms with Crippen LogP contribution in [-0.2, 0) is 12.8 Å². The molecule has 0 amide bonds. The van der Waals surface area contributed by atoms with E-state index in [9.17, 15) is 9.18 Å². The van der Waals surface area contributed by atoms with Crippen molar-refractivity contribution in [3.8, 4) is 0 Å². The first-order chi connectivity index (χ1) is 10.1. The lowest BCUT2D eigenvalue weighted by Gasteiger charge is -2.04. The summed E-state index contributed by atoms with van der Waals surface area (Å²) >= 11 is 7.61. The average Bonchev–Trinajstić information content (AvgIpc) is 2.73. The van der Waals surface area contributed by atoms with E-state index in [0.717, 1.165) is 17.7 Å². The third-order valence-electron chi connectivity index (χ3n) is 3.96. The van der Waals surface area contributed by atoms with Gasteiger partial charge in [0.15, 0.2) is 0 Å². The Hall–Kier alpha value is -1.19. The van der Waals surface area contributed by atoms with Gasteiger partial charge in [-0.1, -0.05) is 18.0 Å². The number of hydrogen-bond donors (Lipinski definition) is 0. The minimum Gasteiger partial charge on any atom is -0.288 e. The molecule has 0 fully saturated rings. The number of thiophene rings is 1. The fraction of sp³-hybridized carbons (Fsp3) is 0.353. The molecule has 0 radical (unpaired) electrons. The number of hydrogen-bond acceptors (Lipinski definition) is 2. The summed E-state index contributed by atoms with van der Waals surface area (Å²) in [5.41, 5.74) is 2.14. The van der Waals surface area contributed by atoms with E-state index in [1.54, 1.807) is 24.3 Å². The van der Waals surface area contributed by atoms with Crippen LogP contribution < -0.4 is 0 Å². The number of aryl methyl sites for hydroxylation is 3. The Balaban J connectivity index is 1.97. The van der Waals surface area contributed by atoms with Crippen LogP contribution in [0.25, 0.3) is 0 Å². The summed E-state index contributed by atoms with van der Waals surface area (Å²) in [6.45, 7) is 1.64. The van der Waals surface area contributed by atoms with Gasteiger partial charge in [0, 0.05) is 10.4 Å². The molecular formula is C17H16ClFOS. The highest BCUT2D eigenvalue weighted by Gasteiger charge is 2.20. The highest BCUT2D eigenvalue weighted by atomic mass is 35.5. The third kappa shape index (κ3) is 2.90. The maximum atomic E-state index is 13.5. The maximum absolute atomic E-state index is 13.5. The molecule has 3 rings (SSSR count). The smallest absolute Gasteiger partial charge is 0.204 e. The Morgan fingerprint density at radius 3 is 2.76 bits per heavy atom. The van der Waals surface area contributed by atoms with Crippen LogP contribution in [0.5, 0.6) is 0 Å². The second kappa shape index (κ2) is 5.90. The Bertz CT molecular complexity index is 682. The molecule has 0 spiro atoms. The van der Waals surface area contributed by atoms with E-state index in [1.165, 1.54) is 35.8 Å². The van der Waals surface area contributed by atoms with Gasteiger partial charge in [0.05, 0.1) is 9.90 Å². The topological polar surface area (TPSA) is 17.1 Å². The zero-order valence-corrected chi connectivity index (χ0v) is 13.4. The standard InChI is InChI=1S/C17H16ClFOS/c1-10-7-12(13(18)9-14(10)19)17(20)16-8-11-5-3-2-4-6-15(11)21-16/h7-9H,2-6H2,1H3. The van der Waals surface area contributed by atoms with Crippen molar-refractivity contribution < 1.29 is 9.18 Å². The van der Waals surface area contributed by atoms with Gasteiger partial charge in [0.25, 0.3) is 0 Å². The molecule has 0 bridgehead atoms. The lowest BCUT2D eigenvalue weighted by Crippen LogP contribution is -2.01. The van der Waals surface area contributed by atoms with Crippen molar-refractivity contribution in [1.82, 2.24) is 0 Å². The molecule has 0 atom stereocenters. The largest absolute Gasteiger partial charge is 0.288 e. The molecule has 2 aromatic rings. The highest BCUT2D eigenvalue weighted by molar-refractivity contribution is 7.14. The van der Waals surface area contributed by atoms with E-state index < -0.39 is 0 Å². The molecule has 0 saturated heterocycles. The van der Waals surface area contributed by atoms with Crippen molar-refractivity contribution in [1.29, 1.82) is 0 Å². The zero-order valence-electron chi connectivity index (χ0n) is 11.8. The summed E-state index contributed by atoms with van der Waals surface area (Å²) in [7, 11) is 0. The van der Waals surface area contributed by atoms with Gasteiger partial charge in [0.1, 0.15) is 5.82 Å². The van der Waals surface area contributed by atoms with Crippen LogP contribution in [0.4, 0.5) is 4.39 Å². The molecule has 1 aromatic heterocycles. The number of ketones is 1. The monoisotopic (exact) mass is 322 g/mol. The SMILES string of the molecule is Cc1cc(C(=O)c2cc3c(s2)CCCCC3)c(Cl)cc1F.